The van der Waals surface area contributed by atoms with Gasteiger partial charge in [0.05, 0.1) is 0 Å². The Morgan fingerprint density at radius 2 is 0.667 bits per heavy atom. The molecule has 246 valence electrons. The maximum Gasteiger partial charge on any atom is 0.0495 e. The van der Waals surface area contributed by atoms with Crippen molar-refractivity contribution < 1.29 is 0 Å². The summed E-state index contributed by atoms with van der Waals surface area (Å²) in [5.41, 5.74) is 5.19. The first-order chi connectivity index (χ1) is 23.7. The number of rotatable bonds is 0. The highest BCUT2D eigenvalue weighted by Gasteiger charge is 2.12. The molecule has 0 bridgehead atoms. The predicted octanol–water partition coefficient (Wildman–Crippen LogP) is 14.2. The first-order valence-electron chi connectivity index (χ1n) is 17.8. The molecule has 2 heterocycles. The van der Waals surface area contributed by atoms with Crippen molar-refractivity contribution in [1.82, 2.24) is 9.13 Å². The monoisotopic (exact) mass is 632 g/mol. The number of hydrogen-bond donors (Lipinski definition) is 0. The van der Waals surface area contributed by atoms with Crippen LogP contribution in [0.15, 0.2) is 133 Å². The fourth-order valence-corrected chi connectivity index (χ4v) is 6.59. The molecule has 0 atom stereocenters. The molecular formula is C46H52N2. The summed E-state index contributed by atoms with van der Waals surface area (Å²) >= 11 is 0. The first kappa shape index (κ1) is 35.8. The van der Waals surface area contributed by atoms with Crippen molar-refractivity contribution >= 4 is 75.9 Å². The van der Waals surface area contributed by atoms with Gasteiger partial charge in [-0.1, -0.05) is 159 Å². The minimum atomic E-state index is 1.30. The molecule has 2 heteroatoms. The summed E-state index contributed by atoms with van der Waals surface area (Å²) in [5, 5.41) is 13.3. The molecule has 0 aliphatic carbocycles. The zero-order valence-electron chi connectivity index (χ0n) is 30.6. The number of aryl methyl sites for hydroxylation is 2. The Bertz CT molecular complexity index is 2400. The molecule has 48 heavy (non-hydrogen) atoms. The van der Waals surface area contributed by atoms with E-state index in [0.29, 0.717) is 0 Å². The largest absolute Gasteiger partial charge is 0.344 e. The standard InChI is InChI=1S/C21H15N.C17H13N.4C2H6/c1-22-19-11-10-14-6-4-5-9-17(14)21(19)18-12-15-7-2-3-8-16(15)13-20(18)22;1-18-15-9-5-4-8-14(15)17-13-7-3-2-6-12(13)10-11-16(17)18;4*1-2/h2-13H,1H3;2-11H,1H3;4*1-2H3. The average molecular weight is 633 g/mol. The molecule has 0 amide bonds. The number of hydrogen-bond acceptors (Lipinski definition) is 0. The van der Waals surface area contributed by atoms with Crippen LogP contribution in [0.5, 0.6) is 0 Å². The van der Waals surface area contributed by atoms with Crippen molar-refractivity contribution in [2.45, 2.75) is 55.4 Å². The van der Waals surface area contributed by atoms with E-state index in [1.54, 1.807) is 0 Å². The van der Waals surface area contributed by atoms with Gasteiger partial charge in [-0.15, -0.1) is 0 Å². The minimum absolute atomic E-state index is 1.30. The number of para-hydroxylation sites is 1. The molecule has 0 aliphatic rings. The fourth-order valence-electron chi connectivity index (χ4n) is 6.59. The highest BCUT2D eigenvalue weighted by atomic mass is 14.9. The van der Waals surface area contributed by atoms with Crippen LogP contribution in [0.4, 0.5) is 0 Å². The van der Waals surface area contributed by atoms with Gasteiger partial charge in [-0.25, -0.2) is 0 Å². The van der Waals surface area contributed by atoms with Crippen LogP contribution < -0.4 is 0 Å². The molecule has 2 aromatic heterocycles. The highest BCUT2D eigenvalue weighted by molar-refractivity contribution is 6.23. The Morgan fingerprint density at radius 1 is 0.292 bits per heavy atom. The van der Waals surface area contributed by atoms with Crippen molar-refractivity contribution in [3.05, 3.63) is 133 Å². The Labute approximate surface area is 287 Å². The van der Waals surface area contributed by atoms with Gasteiger partial charge in [0.25, 0.3) is 0 Å². The van der Waals surface area contributed by atoms with Crippen LogP contribution in [0.25, 0.3) is 75.9 Å². The van der Waals surface area contributed by atoms with Crippen LogP contribution in [-0.4, -0.2) is 9.13 Å². The number of benzene rings is 7. The molecule has 9 aromatic rings. The molecule has 2 nitrogen and oxygen atoms in total. The second-order valence-corrected chi connectivity index (χ2v) is 10.7. The smallest absolute Gasteiger partial charge is 0.0495 e. The third-order valence-corrected chi connectivity index (χ3v) is 8.57. The van der Waals surface area contributed by atoms with Crippen molar-refractivity contribution in [1.29, 1.82) is 0 Å². The molecule has 0 fully saturated rings. The highest BCUT2D eigenvalue weighted by Crippen LogP contribution is 2.36. The molecule has 0 aliphatic heterocycles. The number of fused-ring (bicyclic) bond motifs is 11. The van der Waals surface area contributed by atoms with Gasteiger partial charge in [-0.2, -0.15) is 0 Å². The van der Waals surface area contributed by atoms with Crippen LogP contribution in [0.3, 0.4) is 0 Å². The molecule has 0 saturated heterocycles. The van der Waals surface area contributed by atoms with E-state index in [1.807, 2.05) is 55.4 Å². The van der Waals surface area contributed by atoms with Gasteiger partial charge < -0.3 is 9.13 Å². The van der Waals surface area contributed by atoms with Crippen molar-refractivity contribution in [3.8, 4) is 0 Å². The minimum Gasteiger partial charge on any atom is -0.344 e. The second-order valence-electron chi connectivity index (χ2n) is 10.7. The first-order valence-corrected chi connectivity index (χ1v) is 17.8. The quantitative estimate of drug-likeness (QED) is 0.157. The van der Waals surface area contributed by atoms with Gasteiger partial charge in [0.1, 0.15) is 0 Å². The van der Waals surface area contributed by atoms with E-state index in [-0.39, 0.29) is 0 Å². The summed E-state index contributed by atoms with van der Waals surface area (Å²) in [4.78, 5) is 0. The van der Waals surface area contributed by atoms with Crippen LogP contribution in [0, 0.1) is 0 Å². The molecule has 9 rings (SSSR count). The van der Waals surface area contributed by atoms with Crippen LogP contribution >= 0.6 is 0 Å². The lowest BCUT2D eigenvalue weighted by atomic mass is 10.0. The molecule has 0 unspecified atom stereocenters. The maximum atomic E-state index is 2.33. The maximum absolute atomic E-state index is 2.33. The lowest BCUT2D eigenvalue weighted by Gasteiger charge is -2.01. The van der Waals surface area contributed by atoms with E-state index in [4.69, 9.17) is 0 Å². The predicted molar refractivity (Wildman–Crippen MR) is 219 cm³/mol. The van der Waals surface area contributed by atoms with Crippen molar-refractivity contribution in [2.75, 3.05) is 0 Å². The lowest BCUT2D eigenvalue weighted by molar-refractivity contribution is 1.01. The van der Waals surface area contributed by atoms with E-state index < -0.39 is 0 Å². The van der Waals surface area contributed by atoms with Gasteiger partial charge in [-0.3, -0.25) is 0 Å². The second kappa shape index (κ2) is 16.7. The van der Waals surface area contributed by atoms with Crippen LogP contribution in [0.2, 0.25) is 0 Å². The SMILES string of the molecule is CC.CC.CC.CC.Cn1c2cc3ccccc3cc2c2c3ccccc3ccc21.Cn1c2ccccc2c2c3ccccc3ccc21. The van der Waals surface area contributed by atoms with E-state index in [9.17, 15) is 0 Å². The summed E-state index contributed by atoms with van der Waals surface area (Å²) in [6.07, 6.45) is 0. The third kappa shape index (κ3) is 6.40. The number of nitrogens with zero attached hydrogens (tertiary/aromatic N) is 2. The van der Waals surface area contributed by atoms with Gasteiger partial charge in [0.2, 0.25) is 0 Å². The molecule has 0 saturated carbocycles. The van der Waals surface area contributed by atoms with Crippen LogP contribution in [0.1, 0.15) is 55.4 Å². The summed E-state index contributed by atoms with van der Waals surface area (Å²) < 4.78 is 4.58. The van der Waals surface area contributed by atoms with Crippen molar-refractivity contribution in [3.63, 3.8) is 0 Å². The van der Waals surface area contributed by atoms with Crippen LogP contribution in [-0.2, 0) is 14.1 Å². The summed E-state index contributed by atoms with van der Waals surface area (Å²) in [6, 6.07) is 48.0. The molecule has 0 radical (unpaired) electrons. The van der Waals surface area contributed by atoms with E-state index in [1.165, 1.54) is 75.9 Å². The Morgan fingerprint density at radius 3 is 1.19 bits per heavy atom. The average Bonchev–Trinajstić information content (AvgIpc) is 3.64. The fraction of sp³-hybridized carbons (Fsp3) is 0.217. The van der Waals surface area contributed by atoms with Gasteiger partial charge in [0, 0.05) is 57.7 Å². The summed E-state index contributed by atoms with van der Waals surface area (Å²) in [6.45, 7) is 16.0. The normalized spacial score (nSPS) is 10.3. The van der Waals surface area contributed by atoms with E-state index >= 15 is 0 Å². The van der Waals surface area contributed by atoms with Crippen molar-refractivity contribution in [2.24, 2.45) is 14.1 Å². The molecule has 0 spiro atoms. The van der Waals surface area contributed by atoms with Gasteiger partial charge in [0.15, 0.2) is 0 Å². The molecular weight excluding hydrogens is 581 g/mol. The number of aromatic nitrogens is 2. The lowest BCUT2D eigenvalue weighted by Crippen LogP contribution is -1.86. The zero-order chi connectivity index (χ0) is 34.8. The Hall–Kier alpha value is -5.08. The van der Waals surface area contributed by atoms with Gasteiger partial charge >= 0.3 is 0 Å². The Balaban J connectivity index is 0.000000182. The molecule has 0 N–H and O–H groups in total. The Kier molecular flexibility index (Phi) is 12.4. The third-order valence-electron chi connectivity index (χ3n) is 8.57. The van der Waals surface area contributed by atoms with E-state index in [0.717, 1.165) is 0 Å². The summed E-state index contributed by atoms with van der Waals surface area (Å²) in [5.74, 6) is 0. The molecule has 7 aromatic carbocycles. The zero-order valence-corrected chi connectivity index (χ0v) is 30.6. The van der Waals surface area contributed by atoms with E-state index in [2.05, 4.69) is 157 Å². The van der Waals surface area contributed by atoms with Gasteiger partial charge in [-0.05, 0) is 62.6 Å². The topological polar surface area (TPSA) is 9.86 Å². The summed E-state index contributed by atoms with van der Waals surface area (Å²) in [7, 11) is 4.30.